The van der Waals surface area contributed by atoms with E-state index in [-0.39, 0.29) is 5.56 Å². The number of halogens is 1. The molecule has 3 rings (SSSR count). The Morgan fingerprint density at radius 3 is 2.40 bits per heavy atom. The SMILES string of the molecule is O=C(O)c1ccc(Cl)cc1-c1ccc2ccccc2c1. The van der Waals surface area contributed by atoms with Gasteiger partial charge in [0, 0.05) is 5.02 Å². The maximum absolute atomic E-state index is 11.3. The molecule has 1 N–H and O–H groups in total. The first-order valence-corrected chi connectivity index (χ1v) is 6.55. The third-order valence-corrected chi connectivity index (χ3v) is 3.51. The van der Waals surface area contributed by atoms with Gasteiger partial charge in [-0.25, -0.2) is 4.79 Å². The molecule has 0 spiro atoms. The van der Waals surface area contributed by atoms with E-state index in [1.54, 1.807) is 12.1 Å². The van der Waals surface area contributed by atoms with Crippen molar-refractivity contribution in [3.8, 4) is 11.1 Å². The van der Waals surface area contributed by atoms with E-state index in [9.17, 15) is 9.90 Å². The zero-order chi connectivity index (χ0) is 14.1. The normalized spacial score (nSPS) is 10.7. The van der Waals surface area contributed by atoms with E-state index >= 15 is 0 Å². The van der Waals surface area contributed by atoms with Gasteiger partial charge in [0.1, 0.15) is 0 Å². The van der Waals surface area contributed by atoms with E-state index < -0.39 is 5.97 Å². The molecule has 0 radical (unpaired) electrons. The lowest BCUT2D eigenvalue weighted by Crippen LogP contribution is -1.99. The van der Waals surface area contributed by atoms with E-state index in [1.807, 2.05) is 42.5 Å². The van der Waals surface area contributed by atoms with Gasteiger partial charge < -0.3 is 5.11 Å². The molecule has 0 fully saturated rings. The summed E-state index contributed by atoms with van der Waals surface area (Å²) < 4.78 is 0. The van der Waals surface area contributed by atoms with Gasteiger partial charge in [0.05, 0.1) is 5.56 Å². The van der Waals surface area contributed by atoms with Crippen LogP contribution in [-0.2, 0) is 0 Å². The van der Waals surface area contributed by atoms with Gasteiger partial charge in [-0.3, -0.25) is 0 Å². The summed E-state index contributed by atoms with van der Waals surface area (Å²) in [6.45, 7) is 0. The second-order valence-electron chi connectivity index (χ2n) is 4.56. The fourth-order valence-electron chi connectivity index (χ4n) is 2.30. The highest BCUT2D eigenvalue weighted by Gasteiger charge is 2.12. The molecule has 2 nitrogen and oxygen atoms in total. The maximum atomic E-state index is 11.3. The largest absolute Gasteiger partial charge is 0.478 e. The van der Waals surface area contributed by atoms with E-state index in [1.165, 1.54) is 6.07 Å². The number of carboxylic acid groups (broad SMARTS) is 1. The van der Waals surface area contributed by atoms with Crippen molar-refractivity contribution in [1.29, 1.82) is 0 Å². The van der Waals surface area contributed by atoms with Gasteiger partial charge in [-0.05, 0) is 46.2 Å². The van der Waals surface area contributed by atoms with Crippen molar-refractivity contribution in [2.75, 3.05) is 0 Å². The summed E-state index contributed by atoms with van der Waals surface area (Å²) in [5.41, 5.74) is 1.74. The van der Waals surface area contributed by atoms with Crippen molar-refractivity contribution in [3.05, 3.63) is 71.2 Å². The van der Waals surface area contributed by atoms with Crippen LogP contribution in [-0.4, -0.2) is 11.1 Å². The molecule has 3 aromatic carbocycles. The first-order valence-electron chi connectivity index (χ1n) is 6.17. The molecule has 0 unspecified atom stereocenters. The second kappa shape index (κ2) is 4.99. The average Bonchev–Trinajstić information content (AvgIpc) is 2.46. The van der Waals surface area contributed by atoms with E-state index in [0.717, 1.165) is 16.3 Å². The fourth-order valence-corrected chi connectivity index (χ4v) is 2.47. The lowest BCUT2D eigenvalue weighted by Gasteiger charge is -2.08. The van der Waals surface area contributed by atoms with Crippen molar-refractivity contribution in [2.24, 2.45) is 0 Å². The van der Waals surface area contributed by atoms with E-state index in [4.69, 9.17) is 11.6 Å². The Kier molecular flexibility index (Phi) is 3.17. The number of fused-ring (bicyclic) bond motifs is 1. The molecule has 0 heterocycles. The zero-order valence-electron chi connectivity index (χ0n) is 10.5. The predicted octanol–water partition coefficient (Wildman–Crippen LogP) is 4.86. The third kappa shape index (κ3) is 2.26. The molecule has 0 atom stereocenters. The van der Waals surface area contributed by atoms with Crippen LogP contribution in [0.25, 0.3) is 21.9 Å². The van der Waals surface area contributed by atoms with Crippen LogP contribution >= 0.6 is 11.6 Å². The zero-order valence-corrected chi connectivity index (χ0v) is 11.3. The van der Waals surface area contributed by atoms with Crippen molar-refractivity contribution >= 4 is 28.3 Å². The number of rotatable bonds is 2. The molecule has 0 aliphatic carbocycles. The molecule has 0 saturated heterocycles. The third-order valence-electron chi connectivity index (χ3n) is 3.27. The van der Waals surface area contributed by atoms with Crippen LogP contribution in [0.15, 0.2) is 60.7 Å². The molecule has 0 aliphatic heterocycles. The van der Waals surface area contributed by atoms with Crippen LogP contribution in [0.4, 0.5) is 0 Å². The molecule has 3 aromatic rings. The van der Waals surface area contributed by atoms with Gasteiger partial charge in [0.15, 0.2) is 0 Å². The summed E-state index contributed by atoms with van der Waals surface area (Å²) in [7, 11) is 0. The Balaban J connectivity index is 2.24. The quantitative estimate of drug-likeness (QED) is 0.729. The topological polar surface area (TPSA) is 37.3 Å². The van der Waals surface area contributed by atoms with E-state index in [0.29, 0.717) is 10.6 Å². The highest BCUT2D eigenvalue weighted by molar-refractivity contribution is 6.31. The van der Waals surface area contributed by atoms with Gasteiger partial charge in [-0.1, -0.05) is 48.0 Å². The summed E-state index contributed by atoms with van der Waals surface area (Å²) >= 11 is 6.00. The Hall–Kier alpha value is -2.32. The molecule has 0 bridgehead atoms. The number of carbonyl (C=O) groups is 1. The number of benzene rings is 3. The van der Waals surface area contributed by atoms with Crippen molar-refractivity contribution in [2.45, 2.75) is 0 Å². The number of hydrogen-bond acceptors (Lipinski definition) is 1. The van der Waals surface area contributed by atoms with Crippen molar-refractivity contribution in [1.82, 2.24) is 0 Å². The lowest BCUT2D eigenvalue weighted by molar-refractivity contribution is 0.0698. The minimum atomic E-state index is -0.954. The fraction of sp³-hybridized carbons (Fsp3) is 0. The minimum Gasteiger partial charge on any atom is -0.478 e. The summed E-state index contributed by atoms with van der Waals surface area (Å²) in [4.78, 5) is 11.3. The maximum Gasteiger partial charge on any atom is 0.336 e. The summed E-state index contributed by atoms with van der Waals surface area (Å²) in [5, 5.41) is 12.0. The number of carboxylic acids is 1. The minimum absolute atomic E-state index is 0.254. The Labute approximate surface area is 121 Å². The molecule has 20 heavy (non-hydrogen) atoms. The van der Waals surface area contributed by atoms with Crippen LogP contribution in [0.2, 0.25) is 5.02 Å². The molecular formula is C17H11ClO2. The first-order chi connectivity index (χ1) is 9.65. The molecule has 0 aliphatic rings. The van der Waals surface area contributed by atoms with Crippen LogP contribution < -0.4 is 0 Å². The van der Waals surface area contributed by atoms with Crippen molar-refractivity contribution in [3.63, 3.8) is 0 Å². The monoisotopic (exact) mass is 282 g/mol. The van der Waals surface area contributed by atoms with Crippen LogP contribution in [0, 0.1) is 0 Å². The van der Waals surface area contributed by atoms with Gasteiger partial charge in [-0.15, -0.1) is 0 Å². The molecule has 98 valence electrons. The predicted molar refractivity (Wildman–Crippen MR) is 81.4 cm³/mol. The van der Waals surface area contributed by atoms with Crippen LogP contribution in [0.5, 0.6) is 0 Å². The Bertz CT molecular complexity index is 809. The Morgan fingerprint density at radius 1 is 0.900 bits per heavy atom. The molecule has 0 aromatic heterocycles. The summed E-state index contributed by atoms with van der Waals surface area (Å²) in [6.07, 6.45) is 0. The van der Waals surface area contributed by atoms with Gasteiger partial charge in [0.2, 0.25) is 0 Å². The van der Waals surface area contributed by atoms with Gasteiger partial charge >= 0.3 is 5.97 Å². The highest BCUT2D eigenvalue weighted by Crippen LogP contribution is 2.29. The van der Waals surface area contributed by atoms with Crippen LogP contribution in [0.1, 0.15) is 10.4 Å². The van der Waals surface area contributed by atoms with Crippen molar-refractivity contribution < 1.29 is 9.90 Å². The molecular weight excluding hydrogens is 272 g/mol. The number of aromatic carboxylic acids is 1. The lowest BCUT2D eigenvalue weighted by atomic mass is 9.97. The van der Waals surface area contributed by atoms with E-state index in [2.05, 4.69) is 0 Å². The average molecular weight is 283 g/mol. The molecule has 0 amide bonds. The highest BCUT2D eigenvalue weighted by atomic mass is 35.5. The summed E-state index contributed by atoms with van der Waals surface area (Å²) in [6, 6.07) is 18.7. The summed E-state index contributed by atoms with van der Waals surface area (Å²) in [5.74, 6) is -0.954. The van der Waals surface area contributed by atoms with Gasteiger partial charge in [0.25, 0.3) is 0 Å². The molecule has 0 saturated carbocycles. The standard InChI is InChI=1S/C17H11ClO2/c18-14-7-8-15(17(19)20)16(10-14)13-6-5-11-3-1-2-4-12(11)9-13/h1-10H,(H,19,20). The number of hydrogen-bond donors (Lipinski definition) is 1. The molecule has 3 heteroatoms. The van der Waals surface area contributed by atoms with Crippen LogP contribution in [0.3, 0.4) is 0 Å². The first kappa shape index (κ1) is 12.7. The smallest absolute Gasteiger partial charge is 0.336 e. The van der Waals surface area contributed by atoms with Gasteiger partial charge in [-0.2, -0.15) is 0 Å². The second-order valence-corrected chi connectivity index (χ2v) is 4.99. The Morgan fingerprint density at radius 2 is 1.65 bits per heavy atom.